The summed E-state index contributed by atoms with van der Waals surface area (Å²) in [6.07, 6.45) is 7.81. The zero-order valence-corrected chi connectivity index (χ0v) is 23.5. The second kappa shape index (κ2) is 10.2. The Morgan fingerprint density at radius 1 is 1.05 bits per heavy atom. The summed E-state index contributed by atoms with van der Waals surface area (Å²) in [6.45, 7) is 3.54. The number of anilines is 1. The predicted octanol–water partition coefficient (Wildman–Crippen LogP) is 5.73. The van der Waals surface area contributed by atoms with Crippen molar-refractivity contribution in [2.24, 2.45) is 13.0 Å². The number of amides is 1. The quantitative estimate of drug-likeness (QED) is 0.305. The highest BCUT2D eigenvalue weighted by molar-refractivity contribution is 6.10. The molecule has 0 unspecified atom stereocenters. The highest BCUT2D eigenvalue weighted by Crippen LogP contribution is 2.43. The number of hydrogen-bond acceptors (Lipinski definition) is 6. The molecule has 0 saturated heterocycles. The molecule has 206 valence electrons. The molecule has 3 aliphatic rings. The number of nitrogens with zero attached hydrogens (tertiary/aromatic N) is 6. The van der Waals surface area contributed by atoms with Gasteiger partial charge in [0.05, 0.1) is 18.2 Å². The molecule has 0 radical (unpaired) electrons. The first-order valence-electron chi connectivity index (χ1n) is 14.6. The van der Waals surface area contributed by atoms with E-state index < -0.39 is 0 Å². The first kappa shape index (κ1) is 25.6. The molecular formula is C33H33N7O. The lowest BCUT2D eigenvalue weighted by molar-refractivity contribution is 0.0996. The predicted molar refractivity (Wildman–Crippen MR) is 157 cm³/mol. The van der Waals surface area contributed by atoms with E-state index in [1.807, 2.05) is 35.9 Å². The van der Waals surface area contributed by atoms with Gasteiger partial charge >= 0.3 is 0 Å². The number of aryl methyl sites for hydroxylation is 1. The van der Waals surface area contributed by atoms with E-state index in [2.05, 4.69) is 52.8 Å². The average Bonchev–Trinajstić information content (AvgIpc) is 3.65. The number of fused-ring (bicyclic) bond motifs is 1. The second-order valence-corrected chi connectivity index (χ2v) is 11.8. The van der Waals surface area contributed by atoms with E-state index in [4.69, 9.17) is 4.98 Å². The molecule has 1 amide bonds. The lowest BCUT2D eigenvalue weighted by atomic mass is 9.80. The number of benzene rings is 2. The summed E-state index contributed by atoms with van der Waals surface area (Å²) in [4.78, 5) is 20.6. The molecule has 2 aromatic carbocycles. The van der Waals surface area contributed by atoms with E-state index in [1.165, 1.54) is 19.3 Å². The minimum Gasteiger partial charge on any atom is -0.317 e. The molecule has 8 heteroatoms. The van der Waals surface area contributed by atoms with Crippen molar-refractivity contribution in [2.45, 2.75) is 64.1 Å². The fourth-order valence-electron chi connectivity index (χ4n) is 6.02. The third-order valence-corrected chi connectivity index (χ3v) is 8.98. The maximum Gasteiger partial charge on any atom is 0.260 e. The Kier molecular flexibility index (Phi) is 6.40. The molecule has 4 aromatic rings. The lowest BCUT2D eigenvalue weighted by Crippen LogP contribution is -2.36. The van der Waals surface area contributed by atoms with Gasteiger partial charge in [0.15, 0.2) is 5.82 Å². The van der Waals surface area contributed by atoms with Gasteiger partial charge < -0.3 is 9.88 Å². The van der Waals surface area contributed by atoms with Crippen LogP contribution in [0.4, 0.5) is 5.82 Å². The largest absolute Gasteiger partial charge is 0.317 e. The molecule has 2 fully saturated rings. The maximum absolute atomic E-state index is 13.8. The number of nitriles is 1. The minimum absolute atomic E-state index is 0.00589. The number of aromatic nitrogens is 4. The summed E-state index contributed by atoms with van der Waals surface area (Å²) in [5.41, 5.74) is 7.21. The van der Waals surface area contributed by atoms with Gasteiger partial charge in [0, 0.05) is 42.4 Å². The van der Waals surface area contributed by atoms with E-state index in [1.54, 1.807) is 11.2 Å². The SMILES string of the molecule is C[C@@H](NCc1ccc2c(c1)C(=O)N(c1cc(-c3ccc(C#N)cc3-c3nncn3C)cc(C3CC3)n1)C2)C1CCC1. The van der Waals surface area contributed by atoms with Crippen LogP contribution in [-0.4, -0.2) is 31.7 Å². The number of pyridine rings is 1. The zero-order valence-electron chi connectivity index (χ0n) is 23.5. The lowest BCUT2D eigenvalue weighted by Gasteiger charge is -2.32. The van der Waals surface area contributed by atoms with Crippen molar-refractivity contribution < 1.29 is 4.79 Å². The van der Waals surface area contributed by atoms with Gasteiger partial charge in [-0.3, -0.25) is 9.69 Å². The highest BCUT2D eigenvalue weighted by Gasteiger charge is 2.33. The van der Waals surface area contributed by atoms with Crippen LogP contribution in [0, 0.1) is 17.2 Å². The Bertz CT molecular complexity index is 1690. The molecule has 0 bridgehead atoms. The monoisotopic (exact) mass is 543 g/mol. The Labute approximate surface area is 240 Å². The Balaban J connectivity index is 1.22. The zero-order chi connectivity index (χ0) is 28.1. The number of carbonyl (C=O) groups is 1. The van der Waals surface area contributed by atoms with Crippen LogP contribution in [0.5, 0.6) is 0 Å². The van der Waals surface area contributed by atoms with E-state index in [-0.39, 0.29) is 5.91 Å². The topological polar surface area (TPSA) is 99.7 Å². The third kappa shape index (κ3) is 4.81. The van der Waals surface area contributed by atoms with Gasteiger partial charge in [0.1, 0.15) is 12.1 Å². The van der Waals surface area contributed by atoms with Crippen molar-refractivity contribution in [3.05, 3.63) is 82.8 Å². The van der Waals surface area contributed by atoms with Crippen molar-refractivity contribution in [3.8, 4) is 28.6 Å². The van der Waals surface area contributed by atoms with E-state index in [0.717, 1.165) is 64.4 Å². The van der Waals surface area contributed by atoms with Gasteiger partial charge in [-0.05, 0) is 91.1 Å². The molecule has 41 heavy (non-hydrogen) atoms. The normalized spacial score (nSPS) is 17.3. The average molecular weight is 544 g/mol. The maximum atomic E-state index is 13.8. The van der Waals surface area contributed by atoms with Crippen LogP contribution in [0.3, 0.4) is 0 Å². The van der Waals surface area contributed by atoms with E-state index in [0.29, 0.717) is 35.7 Å². The molecule has 2 saturated carbocycles. The molecule has 2 aliphatic carbocycles. The van der Waals surface area contributed by atoms with Crippen LogP contribution in [0.15, 0.2) is 54.9 Å². The van der Waals surface area contributed by atoms with Gasteiger partial charge in [0.25, 0.3) is 5.91 Å². The minimum atomic E-state index is -0.00589. The molecule has 1 aliphatic heterocycles. The van der Waals surface area contributed by atoms with Crippen LogP contribution >= 0.6 is 0 Å². The molecule has 0 spiro atoms. The van der Waals surface area contributed by atoms with Crippen LogP contribution in [0.1, 0.15) is 77.7 Å². The van der Waals surface area contributed by atoms with E-state index >= 15 is 0 Å². The van der Waals surface area contributed by atoms with Gasteiger partial charge in [0.2, 0.25) is 0 Å². The van der Waals surface area contributed by atoms with Crippen molar-refractivity contribution in [3.63, 3.8) is 0 Å². The molecular weight excluding hydrogens is 510 g/mol. The second-order valence-electron chi connectivity index (χ2n) is 11.8. The number of hydrogen-bond donors (Lipinski definition) is 1. The van der Waals surface area contributed by atoms with Crippen molar-refractivity contribution in [1.29, 1.82) is 5.26 Å². The standard InChI is InChI=1S/C33H33N7O/c1-20(23-4-3-5-23)35-17-22-6-8-25-18-40(33(41)28(25)13-22)31-15-26(14-30(37-31)24-9-10-24)27-11-7-21(16-34)12-29(27)32-38-36-19-39(32)2/h6-8,11-15,19-20,23-24,35H,3-5,9-10,17-18H2,1-2H3/t20-/m1/s1. The Morgan fingerprint density at radius 3 is 2.61 bits per heavy atom. The Morgan fingerprint density at radius 2 is 1.90 bits per heavy atom. The molecule has 3 heterocycles. The molecule has 1 atom stereocenters. The van der Waals surface area contributed by atoms with Crippen LogP contribution in [0.25, 0.3) is 22.5 Å². The van der Waals surface area contributed by atoms with E-state index in [9.17, 15) is 10.1 Å². The highest BCUT2D eigenvalue weighted by atomic mass is 16.2. The third-order valence-electron chi connectivity index (χ3n) is 8.98. The molecule has 7 rings (SSSR count). The van der Waals surface area contributed by atoms with Crippen molar-refractivity contribution in [1.82, 2.24) is 25.1 Å². The van der Waals surface area contributed by atoms with Gasteiger partial charge in [-0.15, -0.1) is 10.2 Å². The van der Waals surface area contributed by atoms with Crippen LogP contribution < -0.4 is 10.2 Å². The smallest absolute Gasteiger partial charge is 0.260 e. The number of carbonyl (C=O) groups excluding carboxylic acids is 1. The summed E-state index contributed by atoms with van der Waals surface area (Å²) in [5, 5.41) is 21.6. The van der Waals surface area contributed by atoms with Gasteiger partial charge in [-0.25, -0.2) is 4.98 Å². The summed E-state index contributed by atoms with van der Waals surface area (Å²) in [7, 11) is 1.89. The fourth-order valence-corrected chi connectivity index (χ4v) is 6.02. The fraction of sp³-hybridized carbons (Fsp3) is 0.364. The van der Waals surface area contributed by atoms with Crippen molar-refractivity contribution >= 4 is 11.7 Å². The summed E-state index contributed by atoms with van der Waals surface area (Å²) >= 11 is 0. The Hall–Kier alpha value is -4.35. The number of rotatable bonds is 8. The van der Waals surface area contributed by atoms with Crippen LogP contribution in [-0.2, 0) is 20.1 Å². The van der Waals surface area contributed by atoms with Crippen LogP contribution in [0.2, 0.25) is 0 Å². The van der Waals surface area contributed by atoms with Gasteiger partial charge in [-0.2, -0.15) is 5.26 Å². The summed E-state index contributed by atoms with van der Waals surface area (Å²) in [6, 6.07) is 18.8. The molecule has 2 aromatic heterocycles. The summed E-state index contributed by atoms with van der Waals surface area (Å²) in [5.74, 6) is 2.51. The van der Waals surface area contributed by atoms with Crippen molar-refractivity contribution in [2.75, 3.05) is 4.90 Å². The number of nitrogens with one attached hydrogen (secondary N) is 1. The summed E-state index contributed by atoms with van der Waals surface area (Å²) < 4.78 is 1.85. The molecule has 1 N–H and O–H groups in total. The molecule has 8 nitrogen and oxygen atoms in total. The first-order valence-corrected chi connectivity index (χ1v) is 14.6. The van der Waals surface area contributed by atoms with Gasteiger partial charge in [-0.1, -0.05) is 24.6 Å². The first-order chi connectivity index (χ1) is 20.0.